The van der Waals surface area contributed by atoms with Gasteiger partial charge in [0.15, 0.2) is 0 Å². The Balaban J connectivity index is 1.90. The molecule has 3 aromatic carbocycles. The zero-order chi connectivity index (χ0) is 23.3. The quantitative estimate of drug-likeness (QED) is 0.322. The van der Waals surface area contributed by atoms with Gasteiger partial charge in [0, 0.05) is 22.1 Å². The SMILES string of the molecule is COc1cc(/C=C(\C#N)C(=O)Nc2cccc(C)c2C)cc(Br)c1Cc1cccc(F)c1. The smallest absolute Gasteiger partial charge is 0.266 e. The number of aryl methyl sites for hydroxylation is 1. The summed E-state index contributed by atoms with van der Waals surface area (Å²) in [6, 6.07) is 17.5. The highest BCUT2D eigenvalue weighted by molar-refractivity contribution is 9.10. The number of carbonyl (C=O) groups is 1. The lowest BCUT2D eigenvalue weighted by molar-refractivity contribution is -0.112. The molecule has 0 aromatic heterocycles. The third kappa shape index (κ3) is 5.43. The summed E-state index contributed by atoms with van der Waals surface area (Å²) >= 11 is 3.55. The van der Waals surface area contributed by atoms with Gasteiger partial charge in [-0.2, -0.15) is 5.26 Å². The summed E-state index contributed by atoms with van der Waals surface area (Å²) in [5, 5.41) is 12.4. The van der Waals surface area contributed by atoms with Gasteiger partial charge in [0.05, 0.1) is 7.11 Å². The molecule has 0 fully saturated rings. The van der Waals surface area contributed by atoms with Gasteiger partial charge in [-0.25, -0.2) is 4.39 Å². The van der Waals surface area contributed by atoms with Crippen molar-refractivity contribution in [2.75, 3.05) is 12.4 Å². The van der Waals surface area contributed by atoms with Crippen LogP contribution in [0.15, 0.2) is 64.6 Å². The van der Waals surface area contributed by atoms with E-state index in [-0.39, 0.29) is 11.4 Å². The number of nitrogens with one attached hydrogen (secondary N) is 1. The lowest BCUT2D eigenvalue weighted by Crippen LogP contribution is -2.14. The molecule has 0 saturated carbocycles. The van der Waals surface area contributed by atoms with Gasteiger partial charge in [0.1, 0.15) is 23.2 Å². The van der Waals surface area contributed by atoms with E-state index in [0.29, 0.717) is 23.4 Å². The number of carbonyl (C=O) groups excluding carboxylic acids is 1. The Hall–Kier alpha value is -3.43. The standard InChI is InChI=1S/C26H22BrFN2O2/c1-16-6-4-9-24(17(16)2)30-26(31)20(15-29)10-19-13-23(27)22(25(14-19)32-3)12-18-7-5-8-21(28)11-18/h4-11,13-14H,12H2,1-3H3,(H,30,31)/b20-10+. The van der Waals surface area contributed by atoms with Crippen LogP contribution in [-0.4, -0.2) is 13.0 Å². The highest BCUT2D eigenvalue weighted by atomic mass is 79.9. The van der Waals surface area contributed by atoms with Crippen LogP contribution < -0.4 is 10.1 Å². The highest BCUT2D eigenvalue weighted by Crippen LogP contribution is 2.32. The molecule has 0 bridgehead atoms. The number of nitrogens with zero attached hydrogens (tertiary/aromatic N) is 1. The minimum atomic E-state index is -0.486. The number of hydrogen-bond acceptors (Lipinski definition) is 3. The molecule has 1 amide bonds. The predicted octanol–water partition coefficient (Wildman–Crippen LogP) is 6.35. The average Bonchev–Trinajstić information content (AvgIpc) is 2.76. The molecule has 32 heavy (non-hydrogen) atoms. The molecule has 6 heteroatoms. The topological polar surface area (TPSA) is 62.1 Å². The van der Waals surface area contributed by atoms with Crippen molar-refractivity contribution in [3.05, 3.63) is 98.3 Å². The zero-order valence-corrected chi connectivity index (χ0v) is 19.6. The van der Waals surface area contributed by atoms with E-state index in [0.717, 1.165) is 26.7 Å². The number of amides is 1. The van der Waals surface area contributed by atoms with E-state index in [1.165, 1.54) is 18.2 Å². The van der Waals surface area contributed by atoms with Gasteiger partial charge < -0.3 is 10.1 Å². The first kappa shape index (κ1) is 23.2. The van der Waals surface area contributed by atoms with E-state index in [1.807, 2.05) is 38.1 Å². The Morgan fingerprint density at radius 3 is 2.62 bits per heavy atom. The molecule has 0 aliphatic rings. The molecular weight excluding hydrogens is 471 g/mol. The van der Waals surface area contributed by atoms with Crippen LogP contribution >= 0.6 is 15.9 Å². The molecule has 0 radical (unpaired) electrons. The van der Waals surface area contributed by atoms with E-state index >= 15 is 0 Å². The second-order valence-electron chi connectivity index (χ2n) is 7.36. The first-order chi connectivity index (χ1) is 15.3. The van der Waals surface area contributed by atoms with Gasteiger partial charge in [0.2, 0.25) is 0 Å². The van der Waals surface area contributed by atoms with Crippen LogP contribution in [0.2, 0.25) is 0 Å². The number of halogens is 2. The Morgan fingerprint density at radius 2 is 1.94 bits per heavy atom. The van der Waals surface area contributed by atoms with Crippen LogP contribution in [0.5, 0.6) is 5.75 Å². The first-order valence-corrected chi connectivity index (χ1v) is 10.7. The van der Waals surface area contributed by atoms with Crippen LogP contribution in [0, 0.1) is 31.0 Å². The molecular formula is C26H22BrFN2O2. The summed E-state index contributed by atoms with van der Waals surface area (Å²) in [5.74, 6) is -0.215. The molecule has 0 aliphatic carbocycles. The fraction of sp³-hybridized carbons (Fsp3) is 0.154. The number of rotatable bonds is 6. The lowest BCUT2D eigenvalue weighted by Gasteiger charge is -2.13. The largest absolute Gasteiger partial charge is 0.496 e. The molecule has 0 atom stereocenters. The molecule has 0 heterocycles. The molecule has 0 spiro atoms. The zero-order valence-electron chi connectivity index (χ0n) is 18.0. The van der Waals surface area contributed by atoms with Crippen molar-refractivity contribution < 1.29 is 13.9 Å². The maximum absolute atomic E-state index is 13.6. The number of benzene rings is 3. The third-order valence-electron chi connectivity index (χ3n) is 5.20. The summed E-state index contributed by atoms with van der Waals surface area (Å²) in [7, 11) is 1.54. The summed E-state index contributed by atoms with van der Waals surface area (Å²) in [4.78, 5) is 12.7. The second kappa shape index (κ2) is 10.3. The number of ether oxygens (including phenoxy) is 1. The molecule has 162 valence electrons. The van der Waals surface area contributed by atoms with Crippen molar-refractivity contribution in [2.24, 2.45) is 0 Å². The Labute approximate surface area is 195 Å². The van der Waals surface area contributed by atoms with E-state index in [1.54, 1.807) is 31.4 Å². The number of methoxy groups -OCH3 is 1. The van der Waals surface area contributed by atoms with Crippen LogP contribution in [0.3, 0.4) is 0 Å². The second-order valence-corrected chi connectivity index (χ2v) is 8.22. The van der Waals surface area contributed by atoms with E-state index in [9.17, 15) is 14.4 Å². The monoisotopic (exact) mass is 492 g/mol. The van der Waals surface area contributed by atoms with Gasteiger partial charge in [0.25, 0.3) is 5.91 Å². The summed E-state index contributed by atoms with van der Waals surface area (Å²) < 4.78 is 19.8. The normalized spacial score (nSPS) is 11.1. The van der Waals surface area contributed by atoms with Crippen molar-refractivity contribution in [1.29, 1.82) is 5.26 Å². The van der Waals surface area contributed by atoms with Crippen molar-refractivity contribution >= 4 is 33.6 Å². The third-order valence-corrected chi connectivity index (χ3v) is 5.90. The maximum Gasteiger partial charge on any atom is 0.266 e. The van der Waals surface area contributed by atoms with Gasteiger partial charge in [-0.3, -0.25) is 4.79 Å². The summed E-state index contributed by atoms with van der Waals surface area (Å²) in [6.07, 6.45) is 1.98. The van der Waals surface area contributed by atoms with Crippen LogP contribution in [0.4, 0.5) is 10.1 Å². The van der Waals surface area contributed by atoms with Gasteiger partial charge in [-0.15, -0.1) is 0 Å². The molecule has 0 saturated heterocycles. The molecule has 1 N–H and O–H groups in total. The maximum atomic E-state index is 13.6. The fourth-order valence-corrected chi connectivity index (χ4v) is 3.91. The van der Waals surface area contributed by atoms with Crippen LogP contribution in [0.25, 0.3) is 6.08 Å². The molecule has 0 unspecified atom stereocenters. The van der Waals surface area contributed by atoms with E-state index < -0.39 is 5.91 Å². The highest BCUT2D eigenvalue weighted by Gasteiger charge is 2.15. The summed E-state index contributed by atoms with van der Waals surface area (Å²) in [5.41, 5.74) is 4.91. The van der Waals surface area contributed by atoms with Gasteiger partial charge in [-0.05, 0) is 72.5 Å². The number of nitriles is 1. The first-order valence-electron chi connectivity index (χ1n) is 9.92. The van der Waals surface area contributed by atoms with Gasteiger partial charge >= 0.3 is 0 Å². The van der Waals surface area contributed by atoms with Crippen LogP contribution in [-0.2, 0) is 11.2 Å². The Morgan fingerprint density at radius 1 is 1.19 bits per heavy atom. The van der Waals surface area contributed by atoms with Crippen molar-refractivity contribution in [3.63, 3.8) is 0 Å². The summed E-state index contributed by atoms with van der Waals surface area (Å²) in [6.45, 7) is 3.88. The number of anilines is 1. The minimum absolute atomic E-state index is 0.0299. The van der Waals surface area contributed by atoms with Crippen molar-refractivity contribution in [1.82, 2.24) is 0 Å². The molecule has 0 aliphatic heterocycles. The number of hydrogen-bond donors (Lipinski definition) is 1. The molecule has 3 rings (SSSR count). The molecule has 4 nitrogen and oxygen atoms in total. The minimum Gasteiger partial charge on any atom is -0.496 e. The lowest BCUT2D eigenvalue weighted by atomic mass is 10.0. The Bertz CT molecular complexity index is 1250. The predicted molar refractivity (Wildman–Crippen MR) is 128 cm³/mol. The Kier molecular flexibility index (Phi) is 7.45. The van der Waals surface area contributed by atoms with Crippen molar-refractivity contribution in [3.8, 4) is 11.8 Å². The van der Waals surface area contributed by atoms with E-state index in [2.05, 4.69) is 21.2 Å². The van der Waals surface area contributed by atoms with Gasteiger partial charge in [-0.1, -0.05) is 40.2 Å². The van der Waals surface area contributed by atoms with Crippen molar-refractivity contribution in [2.45, 2.75) is 20.3 Å². The fourth-order valence-electron chi connectivity index (χ4n) is 3.31. The van der Waals surface area contributed by atoms with E-state index in [4.69, 9.17) is 4.74 Å². The average molecular weight is 493 g/mol. The molecule has 3 aromatic rings. The van der Waals surface area contributed by atoms with Crippen LogP contribution in [0.1, 0.15) is 27.8 Å².